The summed E-state index contributed by atoms with van der Waals surface area (Å²) in [6.07, 6.45) is 3.55. The number of nitrogens with zero attached hydrogens (tertiary/aromatic N) is 3. The minimum Gasteiger partial charge on any atom is -0.303 e. The molecule has 0 unspecified atom stereocenters. The number of amides is 2. The molecule has 5 nitrogen and oxygen atoms in total. The van der Waals surface area contributed by atoms with Gasteiger partial charge in [0.15, 0.2) is 0 Å². The fourth-order valence-corrected chi connectivity index (χ4v) is 3.79. The number of hydrogen-bond acceptors (Lipinski definition) is 4. The molecule has 2 amide bonds. The summed E-state index contributed by atoms with van der Waals surface area (Å²) in [6, 6.07) is 7.63. The van der Waals surface area contributed by atoms with Gasteiger partial charge in [-0.1, -0.05) is 6.07 Å². The summed E-state index contributed by atoms with van der Waals surface area (Å²) < 4.78 is 2.04. The number of imide groups is 1. The van der Waals surface area contributed by atoms with Gasteiger partial charge in [0.05, 0.1) is 4.91 Å². The van der Waals surface area contributed by atoms with E-state index in [1.807, 2.05) is 56.5 Å². The van der Waals surface area contributed by atoms with Crippen molar-refractivity contribution in [3.63, 3.8) is 0 Å². The van der Waals surface area contributed by atoms with Gasteiger partial charge < -0.3 is 4.57 Å². The summed E-state index contributed by atoms with van der Waals surface area (Å²) >= 11 is 0.998. The van der Waals surface area contributed by atoms with Gasteiger partial charge in [-0.25, -0.2) is 4.98 Å². The van der Waals surface area contributed by atoms with Crippen molar-refractivity contribution in [3.8, 4) is 5.82 Å². The van der Waals surface area contributed by atoms with E-state index in [4.69, 9.17) is 0 Å². The van der Waals surface area contributed by atoms with Crippen LogP contribution in [0.2, 0.25) is 0 Å². The zero-order valence-corrected chi connectivity index (χ0v) is 14.9. The molecule has 0 bridgehead atoms. The molecule has 0 N–H and O–H groups in total. The molecule has 3 rings (SSSR count). The highest BCUT2D eigenvalue weighted by Gasteiger charge is 2.36. The third kappa shape index (κ3) is 2.78. The second-order valence-electron chi connectivity index (χ2n) is 6.00. The molecule has 0 aromatic carbocycles. The molecule has 0 atom stereocenters. The first-order valence-electron chi connectivity index (χ1n) is 7.77. The van der Waals surface area contributed by atoms with Crippen LogP contribution in [0.4, 0.5) is 4.79 Å². The Morgan fingerprint density at radius 3 is 2.54 bits per heavy atom. The third-order valence-corrected chi connectivity index (χ3v) is 4.86. The molecule has 1 saturated heterocycles. The van der Waals surface area contributed by atoms with Gasteiger partial charge in [0, 0.05) is 23.6 Å². The van der Waals surface area contributed by atoms with Gasteiger partial charge in [-0.2, -0.15) is 0 Å². The average Bonchev–Trinajstić information content (AvgIpc) is 2.96. The Kier molecular flexibility index (Phi) is 4.32. The van der Waals surface area contributed by atoms with E-state index in [1.54, 1.807) is 12.3 Å². The monoisotopic (exact) mass is 341 g/mol. The second kappa shape index (κ2) is 6.28. The first kappa shape index (κ1) is 16.5. The van der Waals surface area contributed by atoms with Crippen molar-refractivity contribution in [2.45, 2.75) is 33.7 Å². The number of pyridine rings is 1. The molecule has 1 aliphatic rings. The molecule has 0 spiro atoms. The summed E-state index contributed by atoms with van der Waals surface area (Å²) in [5, 5.41) is -0.209. The van der Waals surface area contributed by atoms with Crippen LogP contribution in [-0.2, 0) is 4.79 Å². The van der Waals surface area contributed by atoms with Crippen molar-refractivity contribution in [1.29, 1.82) is 0 Å². The number of thioether (sulfide) groups is 1. The van der Waals surface area contributed by atoms with Crippen LogP contribution in [0.3, 0.4) is 0 Å². The zero-order chi connectivity index (χ0) is 17.4. The van der Waals surface area contributed by atoms with Gasteiger partial charge in [-0.3, -0.25) is 14.5 Å². The van der Waals surface area contributed by atoms with Gasteiger partial charge in [0.1, 0.15) is 5.82 Å². The lowest BCUT2D eigenvalue weighted by Gasteiger charge is -2.16. The van der Waals surface area contributed by atoms with Gasteiger partial charge in [-0.05, 0) is 69.3 Å². The van der Waals surface area contributed by atoms with Crippen LogP contribution in [0.1, 0.15) is 30.8 Å². The van der Waals surface area contributed by atoms with Crippen LogP contribution in [0.5, 0.6) is 0 Å². The third-order valence-electron chi connectivity index (χ3n) is 3.98. The van der Waals surface area contributed by atoms with Crippen LogP contribution >= 0.6 is 11.8 Å². The lowest BCUT2D eigenvalue weighted by atomic mass is 10.2. The van der Waals surface area contributed by atoms with Crippen LogP contribution in [0.25, 0.3) is 11.9 Å². The molecule has 2 aromatic heterocycles. The van der Waals surface area contributed by atoms with Crippen molar-refractivity contribution in [1.82, 2.24) is 14.5 Å². The zero-order valence-electron chi connectivity index (χ0n) is 14.1. The molecule has 6 heteroatoms. The maximum absolute atomic E-state index is 12.4. The topological polar surface area (TPSA) is 55.2 Å². The smallest absolute Gasteiger partial charge is 0.293 e. The molecule has 24 heavy (non-hydrogen) atoms. The minimum absolute atomic E-state index is 0.135. The van der Waals surface area contributed by atoms with Gasteiger partial charge in [0.25, 0.3) is 11.1 Å². The molecule has 124 valence electrons. The first-order valence-corrected chi connectivity index (χ1v) is 8.59. The maximum atomic E-state index is 12.4. The predicted octanol–water partition coefficient (Wildman–Crippen LogP) is 3.93. The Labute approximate surface area is 145 Å². The molecule has 0 aliphatic carbocycles. The Morgan fingerprint density at radius 1 is 1.21 bits per heavy atom. The number of carbonyl (C=O) groups excluding carboxylic acids is 2. The summed E-state index contributed by atoms with van der Waals surface area (Å²) in [7, 11) is 0. The number of carbonyl (C=O) groups is 2. The predicted molar refractivity (Wildman–Crippen MR) is 96.0 cm³/mol. The van der Waals surface area contributed by atoms with Crippen molar-refractivity contribution in [2.24, 2.45) is 0 Å². The van der Waals surface area contributed by atoms with E-state index in [2.05, 4.69) is 4.98 Å². The van der Waals surface area contributed by atoms with E-state index < -0.39 is 0 Å². The first-order chi connectivity index (χ1) is 11.4. The number of aryl methyl sites for hydroxylation is 1. The van der Waals surface area contributed by atoms with Gasteiger partial charge in [0.2, 0.25) is 0 Å². The highest BCUT2D eigenvalue weighted by Crippen LogP contribution is 2.34. The largest absolute Gasteiger partial charge is 0.303 e. The Hall–Kier alpha value is -2.34. The molecule has 3 heterocycles. The van der Waals surface area contributed by atoms with Crippen molar-refractivity contribution >= 4 is 29.0 Å². The van der Waals surface area contributed by atoms with Crippen LogP contribution in [0, 0.1) is 13.8 Å². The maximum Gasteiger partial charge on any atom is 0.293 e. The second-order valence-corrected chi connectivity index (χ2v) is 6.99. The van der Waals surface area contributed by atoms with Crippen molar-refractivity contribution in [3.05, 3.63) is 52.3 Å². The number of hydrogen-bond donors (Lipinski definition) is 0. The summed E-state index contributed by atoms with van der Waals surface area (Å²) in [6.45, 7) is 7.66. The van der Waals surface area contributed by atoms with E-state index in [9.17, 15) is 9.59 Å². The Bertz CT molecular complexity index is 837. The standard InChI is InChI=1S/C18H19N3O2S/c1-11(2)20-17(22)15(24-18(20)23)10-14-9-12(3)21(13(14)4)16-7-5-6-8-19-16/h5-11H,1-4H3/b15-10+. The summed E-state index contributed by atoms with van der Waals surface area (Å²) in [4.78, 5) is 30.6. The summed E-state index contributed by atoms with van der Waals surface area (Å²) in [5.74, 6) is 0.616. The fourth-order valence-electron chi connectivity index (χ4n) is 2.84. The van der Waals surface area contributed by atoms with E-state index in [0.717, 1.165) is 34.5 Å². The molecule has 2 aromatic rings. The fraction of sp³-hybridized carbons (Fsp3) is 0.278. The minimum atomic E-state index is -0.220. The average molecular weight is 341 g/mol. The van der Waals surface area contributed by atoms with E-state index in [1.165, 1.54) is 4.90 Å². The molecule has 1 aliphatic heterocycles. The number of aromatic nitrogens is 2. The molecule has 1 fully saturated rings. The van der Waals surface area contributed by atoms with Crippen molar-refractivity contribution < 1.29 is 9.59 Å². The van der Waals surface area contributed by atoms with E-state index in [-0.39, 0.29) is 17.2 Å². The molecular formula is C18H19N3O2S. The molecular weight excluding hydrogens is 322 g/mol. The normalized spacial score (nSPS) is 16.7. The van der Waals surface area contributed by atoms with Crippen LogP contribution in [-0.4, -0.2) is 31.6 Å². The highest BCUT2D eigenvalue weighted by atomic mass is 32.2. The number of rotatable bonds is 3. The highest BCUT2D eigenvalue weighted by molar-refractivity contribution is 8.18. The quantitative estimate of drug-likeness (QED) is 0.794. The van der Waals surface area contributed by atoms with Crippen molar-refractivity contribution in [2.75, 3.05) is 0 Å². The molecule has 0 saturated carbocycles. The van der Waals surface area contributed by atoms with E-state index >= 15 is 0 Å². The Morgan fingerprint density at radius 2 is 1.96 bits per heavy atom. The lowest BCUT2D eigenvalue weighted by molar-refractivity contribution is -0.123. The summed E-state index contributed by atoms with van der Waals surface area (Å²) in [5.41, 5.74) is 2.94. The van der Waals surface area contributed by atoms with E-state index in [0.29, 0.717) is 4.91 Å². The SMILES string of the molecule is Cc1cc(/C=C2/SC(=O)N(C(C)C)C2=O)c(C)n1-c1ccccn1. The lowest BCUT2D eigenvalue weighted by Crippen LogP contribution is -2.34. The van der Waals surface area contributed by atoms with Crippen LogP contribution in [0.15, 0.2) is 35.4 Å². The molecule has 0 radical (unpaired) electrons. The Balaban J connectivity index is 2.01. The van der Waals surface area contributed by atoms with Crippen LogP contribution < -0.4 is 0 Å². The van der Waals surface area contributed by atoms with Gasteiger partial charge >= 0.3 is 0 Å². The van der Waals surface area contributed by atoms with Gasteiger partial charge in [-0.15, -0.1) is 0 Å².